The summed E-state index contributed by atoms with van der Waals surface area (Å²) in [5, 5.41) is 2.36. The van der Waals surface area contributed by atoms with E-state index in [9.17, 15) is 22.8 Å². The maximum atomic E-state index is 13.0. The molecule has 0 aliphatic rings. The minimum Gasteiger partial charge on any atom is -0.382 e. The van der Waals surface area contributed by atoms with E-state index in [2.05, 4.69) is 20.3 Å². The Morgan fingerprint density at radius 2 is 1.94 bits per heavy atom. The molecule has 0 unspecified atom stereocenters. The number of nitrogens with two attached hydrogens (primary N) is 1. The van der Waals surface area contributed by atoms with Gasteiger partial charge in [-0.1, -0.05) is 30.1 Å². The molecule has 0 saturated heterocycles. The molecule has 13 heteroatoms. The smallest absolute Gasteiger partial charge is 0.382 e. The first-order valence-electron chi connectivity index (χ1n) is 8.90. The number of nitrogens with zero attached hydrogens (tertiary/aromatic N) is 3. The van der Waals surface area contributed by atoms with Crippen molar-refractivity contribution in [2.75, 3.05) is 11.1 Å². The predicted molar refractivity (Wildman–Crippen MR) is 115 cm³/mol. The summed E-state index contributed by atoms with van der Waals surface area (Å²) < 4.78 is 39.0. The number of halogens is 5. The molecule has 7 nitrogen and oxygen atoms in total. The number of hydrogen-bond donors (Lipinski definition) is 2. The Bertz CT molecular complexity index is 1190. The number of carbonyl (C=O) groups excluding carboxylic acids is 2. The second-order valence-corrected chi connectivity index (χ2v) is 8.51. The van der Waals surface area contributed by atoms with Crippen LogP contribution in [0.3, 0.4) is 0 Å². The second kappa shape index (κ2) is 9.39. The number of amides is 1. The van der Waals surface area contributed by atoms with Crippen molar-refractivity contribution >= 4 is 57.7 Å². The molecule has 0 fully saturated rings. The third-order valence-electron chi connectivity index (χ3n) is 4.27. The number of Topliss-reactive ketones (excluding diaryl/α,β-unsaturated/α-hetero) is 1. The van der Waals surface area contributed by atoms with Crippen molar-refractivity contribution in [2.24, 2.45) is 0 Å². The van der Waals surface area contributed by atoms with Gasteiger partial charge < -0.3 is 11.1 Å². The first-order valence-corrected chi connectivity index (χ1v) is 10.5. The van der Waals surface area contributed by atoms with Crippen LogP contribution in [0.5, 0.6) is 0 Å². The zero-order chi connectivity index (χ0) is 23.6. The Labute approximate surface area is 193 Å². The molecule has 1 amide bonds. The summed E-state index contributed by atoms with van der Waals surface area (Å²) >= 11 is 12.6. The van der Waals surface area contributed by atoms with Crippen LogP contribution < -0.4 is 11.1 Å². The first kappa shape index (κ1) is 23.9. The number of ketones is 1. The minimum absolute atomic E-state index is 0.00310. The van der Waals surface area contributed by atoms with Crippen LogP contribution in [0.4, 0.5) is 24.7 Å². The summed E-state index contributed by atoms with van der Waals surface area (Å²) in [4.78, 5) is 36.8. The Morgan fingerprint density at radius 3 is 2.62 bits per heavy atom. The lowest BCUT2D eigenvalue weighted by Crippen LogP contribution is -2.12. The Balaban J connectivity index is 1.70. The Hall–Kier alpha value is -2.76. The number of nitrogen functional groups attached to an aromatic ring is 1. The number of thiazole rings is 1. The quantitative estimate of drug-likeness (QED) is 0.431. The topological polar surface area (TPSA) is 111 Å². The molecule has 0 aliphatic heterocycles. The molecule has 0 saturated carbocycles. The van der Waals surface area contributed by atoms with Gasteiger partial charge in [-0.25, -0.2) is 15.0 Å². The van der Waals surface area contributed by atoms with Crippen molar-refractivity contribution in [3.05, 3.63) is 61.9 Å². The molecule has 0 spiro atoms. The summed E-state index contributed by atoms with van der Waals surface area (Å²) in [6.07, 6.45) is -2.25. The molecular weight excluding hydrogens is 490 g/mol. The van der Waals surface area contributed by atoms with Crippen LogP contribution in [0.25, 0.3) is 0 Å². The average Bonchev–Trinajstić information content (AvgIpc) is 3.21. The molecule has 3 N–H and O–H groups in total. The molecule has 0 bridgehead atoms. The van der Waals surface area contributed by atoms with E-state index in [1.165, 1.54) is 12.3 Å². The van der Waals surface area contributed by atoms with Gasteiger partial charge in [-0.15, -0.1) is 11.3 Å². The molecule has 0 aliphatic carbocycles. The molecule has 3 aromatic rings. The number of anilines is 2. The van der Waals surface area contributed by atoms with Gasteiger partial charge in [-0.2, -0.15) is 13.2 Å². The van der Waals surface area contributed by atoms with Gasteiger partial charge in [0.05, 0.1) is 21.8 Å². The van der Waals surface area contributed by atoms with Crippen molar-refractivity contribution in [2.45, 2.75) is 25.4 Å². The summed E-state index contributed by atoms with van der Waals surface area (Å²) in [6.45, 7) is 1.73. The minimum atomic E-state index is -4.66. The van der Waals surface area contributed by atoms with Crippen LogP contribution in [0.15, 0.2) is 30.7 Å². The van der Waals surface area contributed by atoms with E-state index in [-0.39, 0.29) is 45.2 Å². The van der Waals surface area contributed by atoms with Crippen LogP contribution in [0.1, 0.15) is 50.0 Å². The Morgan fingerprint density at radius 1 is 1.22 bits per heavy atom. The van der Waals surface area contributed by atoms with Gasteiger partial charge >= 0.3 is 6.18 Å². The summed E-state index contributed by atoms with van der Waals surface area (Å²) in [7, 11) is 0. The van der Waals surface area contributed by atoms with Crippen LogP contribution in [0.2, 0.25) is 10.0 Å². The van der Waals surface area contributed by atoms with Gasteiger partial charge in [0.25, 0.3) is 5.91 Å². The highest BCUT2D eigenvalue weighted by Gasteiger charge is 2.33. The number of hydrogen-bond acceptors (Lipinski definition) is 7. The molecule has 0 radical (unpaired) electrons. The lowest BCUT2D eigenvalue weighted by atomic mass is 10.0. The van der Waals surface area contributed by atoms with E-state index in [4.69, 9.17) is 28.9 Å². The standard InChI is InChI=1S/C19H14Cl2F3N5O2S/c1-8(4-12(30)15-14(21)16(25)28-7-27-15)18-26-6-13(32-18)17(31)29-9-2-3-11(20)10(5-9)19(22,23)24/h2-3,5-8H,4H2,1H3,(H,29,31)(H2,25,27,28)/t8-/m1/s1. The normalized spacial score (nSPS) is 12.4. The van der Waals surface area contributed by atoms with Gasteiger partial charge in [-0.3, -0.25) is 9.59 Å². The van der Waals surface area contributed by atoms with Crippen molar-refractivity contribution in [3.8, 4) is 0 Å². The van der Waals surface area contributed by atoms with Gasteiger partial charge in [0.15, 0.2) is 5.78 Å². The first-order chi connectivity index (χ1) is 15.0. The van der Waals surface area contributed by atoms with E-state index in [0.29, 0.717) is 5.01 Å². The highest BCUT2D eigenvalue weighted by molar-refractivity contribution is 7.13. The predicted octanol–water partition coefficient (Wildman–Crippen LogP) is 5.47. The lowest BCUT2D eigenvalue weighted by molar-refractivity contribution is -0.137. The van der Waals surface area contributed by atoms with Crippen LogP contribution in [0, 0.1) is 0 Å². The van der Waals surface area contributed by atoms with Crippen molar-refractivity contribution in [3.63, 3.8) is 0 Å². The van der Waals surface area contributed by atoms with Gasteiger partial charge in [0.2, 0.25) is 0 Å². The number of aromatic nitrogens is 3. The Kier molecular flexibility index (Phi) is 7.01. The molecule has 168 valence electrons. The lowest BCUT2D eigenvalue weighted by Gasteiger charge is -2.11. The molecular formula is C19H14Cl2F3N5O2S. The molecule has 2 aromatic heterocycles. The summed E-state index contributed by atoms with van der Waals surface area (Å²) in [6, 6.07) is 3.06. The summed E-state index contributed by atoms with van der Waals surface area (Å²) in [5.74, 6) is -1.41. The second-order valence-electron chi connectivity index (χ2n) is 6.66. The largest absolute Gasteiger partial charge is 0.417 e. The number of alkyl halides is 3. The number of nitrogens with one attached hydrogen (secondary N) is 1. The third-order valence-corrected chi connectivity index (χ3v) is 6.20. The molecule has 3 rings (SSSR count). The highest BCUT2D eigenvalue weighted by Crippen LogP contribution is 2.36. The zero-order valence-electron chi connectivity index (χ0n) is 16.2. The van der Waals surface area contributed by atoms with Crippen LogP contribution in [-0.2, 0) is 6.18 Å². The fourth-order valence-electron chi connectivity index (χ4n) is 2.67. The maximum absolute atomic E-state index is 13.0. The fourth-order valence-corrected chi connectivity index (χ4v) is 3.97. The third kappa shape index (κ3) is 5.34. The van der Waals surface area contributed by atoms with Crippen molar-refractivity contribution < 1.29 is 22.8 Å². The molecule has 32 heavy (non-hydrogen) atoms. The fraction of sp³-hybridized carbons (Fsp3) is 0.211. The van der Waals surface area contributed by atoms with E-state index in [1.807, 2.05) is 0 Å². The van der Waals surface area contributed by atoms with Crippen LogP contribution >= 0.6 is 34.5 Å². The van der Waals surface area contributed by atoms with Crippen molar-refractivity contribution in [1.29, 1.82) is 0 Å². The van der Waals surface area contributed by atoms with Gasteiger partial charge in [0.1, 0.15) is 27.7 Å². The van der Waals surface area contributed by atoms with Gasteiger partial charge in [0, 0.05) is 18.0 Å². The van der Waals surface area contributed by atoms with E-state index in [0.717, 1.165) is 29.8 Å². The SMILES string of the molecule is C[C@H](CC(=O)c1ncnc(N)c1Cl)c1ncc(C(=O)Nc2ccc(Cl)c(C(F)(F)F)c2)s1. The monoisotopic (exact) mass is 503 g/mol. The number of benzene rings is 1. The van der Waals surface area contributed by atoms with E-state index in [1.54, 1.807) is 6.92 Å². The maximum Gasteiger partial charge on any atom is 0.417 e. The number of rotatable bonds is 6. The van der Waals surface area contributed by atoms with Crippen molar-refractivity contribution in [1.82, 2.24) is 15.0 Å². The zero-order valence-corrected chi connectivity index (χ0v) is 18.5. The molecule has 2 heterocycles. The molecule has 1 atom stereocenters. The summed E-state index contributed by atoms with van der Waals surface area (Å²) in [5.41, 5.74) is 4.45. The van der Waals surface area contributed by atoms with Crippen LogP contribution in [-0.4, -0.2) is 26.6 Å². The molecule has 1 aromatic carbocycles. The van der Waals surface area contributed by atoms with E-state index >= 15 is 0 Å². The highest BCUT2D eigenvalue weighted by atomic mass is 35.5. The van der Waals surface area contributed by atoms with Gasteiger partial charge in [-0.05, 0) is 18.2 Å². The van der Waals surface area contributed by atoms with E-state index < -0.39 is 22.7 Å². The number of carbonyl (C=O) groups is 2. The average molecular weight is 504 g/mol.